The van der Waals surface area contributed by atoms with Gasteiger partial charge >= 0.3 is 0 Å². The van der Waals surface area contributed by atoms with Crippen molar-refractivity contribution >= 4 is 0 Å². The third kappa shape index (κ3) is 2.13. The highest BCUT2D eigenvalue weighted by Crippen LogP contribution is 2.14. The Morgan fingerprint density at radius 2 is 2.36 bits per heavy atom. The predicted molar refractivity (Wildman–Crippen MR) is 55.9 cm³/mol. The topological polar surface area (TPSA) is 12.0 Å². The fourth-order valence-corrected chi connectivity index (χ4v) is 1.98. The predicted octanol–water partition coefficient (Wildman–Crippen LogP) is 2.43. The van der Waals surface area contributed by atoms with Gasteiger partial charge in [0.2, 0.25) is 0 Å². The van der Waals surface area contributed by atoms with Crippen LogP contribution in [0.2, 0.25) is 0 Å². The minimum Gasteiger partial charge on any atom is -0.314 e. The molecule has 0 amide bonds. The molecule has 1 aromatic rings. The number of rotatable bonds is 2. The van der Waals surface area contributed by atoms with Gasteiger partial charge in [-0.05, 0) is 49.9 Å². The zero-order chi connectivity index (χ0) is 9.97. The molecule has 1 aromatic carbocycles. The SMILES string of the molecule is Cc1ccc(CC2CCCN2)cc1F. The summed E-state index contributed by atoms with van der Waals surface area (Å²) in [4.78, 5) is 0. The third-order valence-electron chi connectivity index (χ3n) is 2.88. The van der Waals surface area contributed by atoms with E-state index in [-0.39, 0.29) is 5.82 Å². The number of benzene rings is 1. The van der Waals surface area contributed by atoms with E-state index < -0.39 is 0 Å². The summed E-state index contributed by atoms with van der Waals surface area (Å²) >= 11 is 0. The Hall–Kier alpha value is -0.890. The minimum absolute atomic E-state index is 0.0829. The number of halogens is 1. The van der Waals surface area contributed by atoms with E-state index in [9.17, 15) is 4.39 Å². The minimum atomic E-state index is -0.0829. The van der Waals surface area contributed by atoms with Crippen molar-refractivity contribution in [3.63, 3.8) is 0 Å². The lowest BCUT2D eigenvalue weighted by atomic mass is 10.0. The van der Waals surface area contributed by atoms with Crippen molar-refractivity contribution in [2.45, 2.75) is 32.2 Å². The van der Waals surface area contributed by atoms with Crippen LogP contribution in [-0.4, -0.2) is 12.6 Å². The molecule has 1 atom stereocenters. The Labute approximate surface area is 84.3 Å². The van der Waals surface area contributed by atoms with E-state index in [0.29, 0.717) is 6.04 Å². The molecule has 14 heavy (non-hydrogen) atoms. The quantitative estimate of drug-likeness (QED) is 0.760. The molecule has 1 fully saturated rings. The van der Waals surface area contributed by atoms with Crippen molar-refractivity contribution in [2.75, 3.05) is 6.54 Å². The lowest BCUT2D eigenvalue weighted by Crippen LogP contribution is -2.23. The summed E-state index contributed by atoms with van der Waals surface area (Å²) in [6.07, 6.45) is 3.42. The highest BCUT2D eigenvalue weighted by atomic mass is 19.1. The van der Waals surface area contributed by atoms with E-state index in [1.807, 2.05) is 12.1 Å². The fraction of sp³-hybridized carbons (Fsp3) is 0.500. The monoisotopic (exact) mass is 193 g/mol. The van der Waals surface area contributed by atoms with Crippen molar-refractivity contribution in [1.29, 1.82) is 0 Å². The Bertz CT molecular complexity index is 316. The Morgan fingerprint density at radius 3 is 3.00 bits per heavy atom. The molecule has 1 heterocycles. The normalized spacial score (nSPS) is 21.4. The molecular weight excluding hydrogens is 177 g/mol. The number of aryl methyl sites for hydroxylation is 1. The van der Waals surface area contributed by atoms with Crippen LogP contribution in [-0.2, 0) is 6.42 Å². The molecule has 76 valence electrons. The van der Waals surface area contributed by atoms with Gasteiger partial charge in [-0.1, -0.05) is 12.1 Å². The summed E-state index contributed by atoms with van der Waals surface area (Å²) in [5, 5.41) is 3.42. The summed E-state index contributed by atoms with van der Waals surface area (Å²) in [5.74, 6) is -0.0829. The average Bonchev–Trinajstić information content (AvgIpc) is 2.64. The van der Waals surface area contributed by atoms with E-state index in [2.05, 4.69) is 5.32 Å². The molecule has 0 bridgehead atoms. The number of hydrogen-bond donors (Lipinski definition) is 1. The fourth-order valence-electron chi connectivity index (χ4n) is 1.98. The Morgan fingerprint density at radius 1 is 1.50 bits per heavy atom. The van der Waals surface area contributed by atoms with E-state index in [1.54, 1.807) is 13.0 Å². The average molecular weight is 193 g/mol. The second-order valence-corrected chi connectivity index (χ2v) is 4.08. The number of nitrogens with one attached hydrogen (secondary N) is 1. The van der Waals surface area contributed by atoms with Crippen molar-refractivity contribution in [1.82, 2.24) is 5.32 Å². The summed E-state index contributed by atoms with van der Waals surface area (Å²) in [6, 6.07) is 6.10. The largest absolute Gasteiger partial charge is 0.314 e. The Kier molecular flexibility index (Phi) is 2.82. The van der Waals surface area contributed by atoms with Gasteiger partial charge in [-0.3, -0.25) is 0 Å². The van der Waals surface area contributed by atoms with Crippen LogP contribution in [0.5, 0.6) is 0 Å². The summed E-state index contributed by atoms with van der Waals surface area (Å²) < 4.78 is 13.2. The lowest BCUT2D eigenvalue weighted by molar-refractivity contribution is 0.590. The van der Waals surface area contributed by atoms with Gasteiger partial charge in [-0.15, -0.1) is 0 Å². The zero-order valence-electron chi connectivity index (χ0n) is 8.52. The van der Waals surface area contributed by atoms with E-state index in [1.165, 1.54) is 12.8 Å². The first-order valence-electron chi connectivity index (χ1n) is 5.24. The van der Waals surface area contributed by atoms with Gasteiger partial charge in [0, 0.05) is 6.04 Å². The van der Waals surface area contributed by atoms with Crippen LogP contribution in [0.15, 0.2) is 18.2 Å². The summed E-state index contributed by atoms with van der Waals surface area (Å²) in [5.41, 5.74) is 1.83. The van der Waals surface area contributed by atoms with Crippen LogP contribution in [0.1, 0.15) is 24.0 Å². The van der Waals surface area contributed by atoms with Gasteiger partial charge in [-0.2, -0.15) is 0 Å². The molecule has 1 nitrogen and oxygen atoms in total. The second kappa shape index (κ2) is 4.09. The zero-order valence-corrected chi connectivity index (χ0v) is 8.52. The maximum Gasteiger partial charge on any atom is 0.126 e. The molecular formula is C12H16FN. The van der Waals surface area contributed by atoms with Gasteiger partial charge in [0.25, 0.3) is 0 Å². The molecule has 0 spiro atoms. The first-order valence-corrected chi connectivity index (χ1v) is 5.24. The third-order valence-corrected chi connectivity index (χ3v) is 2.88. The molecule has 0 aliphatic carbocycles. The first kappa shape index (κ1) is 9.66. The van der Waals surface area contributed by atoms with Gasteiger partial charge in [0.15, 0.2) is 0 Å². The van der Waals surface area contributed by atoms with Gasteiger partial charge in [0.05, 0.1) is 0 Å². The molecule has 1 N–H and O–H groups in total. The van der Waals surface area contributed by atoms with E-state index in [4.69, 9.17) is 0 Å². The first-order chi connectivity index (χ1) is 6.75. The number of hydrogen-bond acceptors (Lipinski definition) is 1. The molecule has 0 aromatic heterocycles. The van der Waals surface area contributed by atoms with Gasteiger partial charge < -0.3 is 5.32 Å². The molecule has 0 saturated carbocycles. The summed E-state index contributed by atoms with van der Waals surface area (Å²) in [7, 11) is 0. The maximum absolute atomic E-state index is 13.2. The van der Waals surface area contributed by atoms with Crippen molar-refractivity contribution in [3.05, 3.63) is 35.1 Å². The van der Waals surface area contributed by atoms with Crippen LogP contribution in [0.25, 0.3) is 0 Å². The second-order valence-electron chi connectivity index (χ2n) is 4.08. The van der Waals surface area contributed by atoms with Gasteiger partial charge in [-0.25, -0.2) is 4.39 Å². The molecule has 1 aliphatic rings. The van der Waals surface area contributed by atoms with Crippen LogP contribution in [0.4, 0.5) is 4.39 Å². The van der Waals surface area contributed by atoms with Gasteiger partial charge in [0.1, 0.15) is 5.82 Å². The van der Waals surface area contributed by atoms with Crippen molar-refractivity contribution in [2.24, 2.45) is 0 Å². The van der Waals surface area contributed by atoms with Crippen molar-refractivity contribution in [3.8, 4) is 0 Å². The lowest BCUT2D eigenvalue weighted by Gasteiger charge is -2.10. The van der Waals surface area contributed by atoms with Crippen LogP contribution < -0.4 is 5.32 Å². The van der Waals surface area contributed by atoms with E-state index in [0.717, 1.165) is 24.1 Å². The molecule has 2 rings (SSSR count). The summed E-state index contributed by atoms with van der Waals surface area (Å²) in [6.45, 7) is 2.91. The molecule has 1 aliphatic heterocycles. The molecule has 1 unspecified atom stereocenters. The van der Waals surface area contributed by atoms with Crippen LogP contribution in [0.3, 0.4) is 0 Å². The highest BCUT2D eigenvalue weighted by Gasteiger charge is 2.14. The molecule has 2 heteroatoms. The Balaban J connectivity index is 2.05. The van der Waals surface area contributed by atoms with E-state index >= 15 is 0 Å². The smallest absolute Gasteiger partial charge is 0.126 e. The maximum atomic E-state index is 13.2. The highest BCUT2D eigenvalue weighted by molar-refractivity contribution is 5.24. The molecule has 1 saturated heterocycles. The van der Waals surface area contributed by atoms with Crippen LogP contribution in [0, 0.1) is 12.7 Å². The standard InChI is InChI=1S/C12H16FN/c1-9-4-5-10(8-12(9)13)7-11-3-2-6-14-11/h4-5,8,11,14H,2-3,6-7H2,1H3. The molecule has 0 radical (unpaired) electrons. The van der Waals surface area contributed by atoms with Crippen molar-refractivity contribution < 1.29 is 4.39 Å². The van der Waals surface area contributed by atoms with Crippen LogP contribution >= 0.6 is 0 Å².